The molecule has 0 aliphatic carbocycles. The molecule has 2 amide bonds. The van der Waals surface area contributed by atoms with Crippen molar-refractivity contribution in [3.05, 3.63) is 17.2 Å². The summed E-state index contributed by atoms with van der Waals surface area (Å²) in [6, 6.07) is 2.61. The fourth-order valence-corrected chi connectivity index (χ4v) is 4.61. The molecule has 2 aliphatic heterocycles. The molecule has 0 bridgehead atoms. The Kier molecular flexibility index (Phi) is 5.69. The molecular weight excluding hydrogens is 384 g/mol. The van der Waals surface area contributed by atoms with Crippen LogP contribution in [0, 0.1) is 0 Å². The third kappa shape index (κ3) is 4.46. The van der Waals surface area contributed by atoms with E-state index in [1.165, 1.54) is 12.1 Å². The number of carbonyl (C=O) groups excluding carboxylic acids is 2. The Morgan fingerprint density at radius 2 is 2.19 bits per heavy atom. The zero-order valence-corrected chi connectivity index (χ0v) is 15.5. The first-order chi connectivity index (χ1) is 12.3. The SMILES string of the molecule is O=C(CCS(=O)(=O)c1cc2c(cc1Cl)NC(=O)CO2)NCC1CCCO1. The molecule has 2 aliphatic rings. The second kappa shape index (κ2) is 7.81. The van der Waals surface area contributed by atoms with E-state index >= 15 is 0 Å². The van der Waals surface area contributed by atoms with Gasteiger partial charge >= 0.3 is 0 Å². The highest BCUT2D eigenvalue weighted by Gasteiger charge is 2.25. The van der Waals surface area contributed by atoms with E-state index in [4.69, 9.17) is 21.1 Å². The minimum absolute atomic E-state index is 0.00185. The van der Waals surface area contributed by atoms with Gasteiger partial charge in [-0.2, -0.15) is 0 Å². The van der Waals surface area contributed by atoms with E-state index < -0.39 is 9.84 Å². The maximum Gasteiger partial charge on any atom is 0.262 e. The second-order valence-corrected chi connectivity index (χ2v) is 8.61. The van der Waals surface area contributed by atoms with E-state index in [-0.39, 0.29) is 52.4 Å². The smallest absolute Gasteiger partial charge is 0.262 e. The molecule has 0 radical (unpaired) electrons. The fraction of sp³-hybridized carbons (Fsp3) is 0.500. The van der Waals surface area contributed by atoms with Crippen molar-refractivity contribution < 1.29 is 27.5 Å². The zero-order valence-electron chi connectivity index (χ0n) is 13.9. The lowest BCUT2D eigenvalue weighted by atomic mass is 10.2. The first-order valence-electron chi connectivity index (χ1n) is 8.22. The molecule has 1 aromatic carbocycles. The molecule has 142 valence electrons. The molecule has 0 aromatic heterocycles. The Hall–Kier alpha value is -1.84. The van der Waals surface area contributed by atoms with Crippen LogP contribution in [-0.2, 0) is 24.2 Å². The monoisotopic (exact) mass is 402 g/mol. The molecule has 3 rings (SSSR count). The van der Waals surface area contributed by atoms with E-state index in [1.54, 1.807) is 0 Å². The highest BCUT2D eigenvalue weighted by atomic mass is 35.5. The van der Waals surface area contributed by atoms with Gasteiger partial charge < -0.3 is 20.1 Å². The van der Waals surface area contributed by atoms with Gasteiger partial charge in [-0.3, -0.25) is 9.59 Å². The molecule has 1 aromatic rings. The number of sulfone groups is 1. The van der Waals surface area contributed by atoms with Crippen LogP contribution in [0.15, 0.2) is 17.0 Å². The lowest BCUT2D eigenvalue weighted by Gasteiger charge is -2.19. The van der Waals surface area contributed by atoms with Crippen LogP contribution in [0.3, 0.4) is 0 Å². The van der Waals surface area contributed by atoms with Crippen molar-refractivity contribution in [2.75, 3.05) is 30.8 Å². The van der Waals surface area contributed by atoms with Crippen LogP contribution in [0.5, 0.6) is 5.75 Å². The largest absolute Gasteiger partial charge is 0.482 e. The molecule has 1 saturated heterocycles. The van der Waals surface area contributed by atoms with E-state index in [0.29, 0.717) is 18.8 Å². The number of benzene rings is 1. The predicted molar refractivity (Wildman–Crippen MR) is 94.2 cm³/mol. The molecule has 1 fully saturated rings. The number of hydrogen-bond acceptors (Lipinski definition) is 6. The van der Waals surface area contributed by atoms with Crippen molar-refractivity contribution in [2.45, 2.75) is 30.3 Å². The van der Waals surface area contributed by atoms with Crippen LogP contribution < -0.4 is 15.4 Å². The van der Waals surface area contributed by atoms with Gasteiger partial charge in [0.2, 0.25) is 5.91 Å². The zero-order chi connectivity index (χ0) is 18.7. The predicted octanol–water partition coefficient (Wildman–Crippen LogP) is 1.13. The summed E-state index contributed by atoms with van der Waals surface area (Å²) in [5.41, 5.74) is 0.319. The van der Waals surface area contributed by atoms with Crippen molar-refractivity contribution in [2.24, 2.45) is 0 Å². The van der Waals surface area contributed by atoms with Crippen molar-refractivity contribution >= 4 is 38.9 Å². The van der Waals surface area contributed by atoms with Crippen LogP contribution in [-0.4, -0.2) is 51.8 Å². The number of fused-ring (bicyclic) bond motifs is 1. The fourth-order valence-electron chi connectivity index (χ4n) is 2.78. The molecule has 2 N–H and O–H groups in total. The number of nitrogens with one attached hydrogen (secondary N) is 2. The standard InChI is InChI=1S/C16H19ClN2O6S/c17-11-6-12-13(25-9-16(21)19-12)7-14(11)26(22,23)5-3-15(20)18-8-10-2-1-4-24-10/h6-7,10H,1-5,8-9H2,(H,18,20)(H,19,21). The average molecular weight is 403 g/mol. The maximum absolute atomic E-state index is 12.5. The lowest BCUT2D eigenvalue weighted by Crippen LogP contribution is -2.32. The molecule has 0 saturated carbocycles. The lowest BCUT2D eigenvalue weighted by molar-refractivity contribution is -0.121. The number of carbonyl (C=O) groups is 2. The highest BCUT2D eigenvalue weighted by molar-refractivity contribution is 7.91. The third-order valence-corrected chi connectivity index (χ3v) is 6.32. The van der Waals surface area contributed by atoms with Crippen molar-refractivity contribution in [3.8, 4) is 5.75 Å². The summed E-state index contributed by atoms with van der Waals surface area (Å²) in [7, 11) is -3.79. The van der Waals surface area contributed by atoms with E-state index in [2.05, 4.69) is 10.6 Å². The van der Waals surface area contributed by atoms with E-state index in [9.17, 15) is 18.0 Å². The average Bonchev–Trinajstić information content (AvgIpc) is 3.11. The second-order valence-electron chi connectivity index (χ2n) is 6.12. The van der Waals surface area contributed by atoms with Gasteiger partial charge in [-0.05, 0) is 18.9 Å². The normalized spacial score (nSPS) is 19.4. The van der Waals surface area contributed by atoms with E-state index in [1.807, 2.05) is 0 Å². The van der Waals surface area contributed by atoms with Crippen molar-refractivity contribution in [1.29, 1.82) is 0 Å². The van der Waals surface area contributed by atoms with Crippen LogP contribution in [0.4, 0.5) is 5.69 Å². The number of amides is 2. The van der Waals surface area contributed by atoms with Gasteiger partial charge in [-0.1, -0.05) is 11.6 Å². The van der Waals surface area contributed by atoms with Gasteiger partial charge in [-0.25, -0.2) is 8.42 Å². The Labute approximate surface area is 156 Å². The van der Waals surface area contributed by atoms with Gasteiger partial charge in [0.1, 0.15) is 5.75 Å². The Bertz CT molecular complexity index is 820. The minimum atomic E-state index is -3.79. The molecule has 26 heavy (non-hydrogen) atoms. The van der Waals surface area contributed by atoms with E-state index in [0.717, 1.165) is 12.8 Å². The quantitative estimate of drug-likeness (QED) is 0.737. The number of anilines is 1. The van der Waals surface area contributed by atoms with Crippen LogP contribution >= 0.6 is 11.6 Å². The summed E-state index contributed by atoms with van der Waals surface area (Å²) in [6.45, 7) is 0.875. The molecule has 8 nitrogen and oxygen atoms in total. The van der Waals surface area contributed by atoms with Crippen LogP contribution in [0.1, 0.15) is 19.3 Å². The van der Waals surface area contributed by atoms with Crippen LogP contribution in [0.25, 0.3) is 0 Å². The minimum Gasteiger partial charge on any atom is -0.482 e. The van der Waals surface area contributed by atoms with Gasteiger partial charge in [0, 0.05) is 25.6 Å². The molecule has 10 heteroatoms. The maximum atomic E-state index is 12.5. The Morgan fingerprint density at radius 3 is 2.92 bits per heavy atom. The molecule has 1 atom stereocenters. The number of hydrogen-bond donors (Lipinski definition) is 2. The Balaban J connectivity index is 1.62. The first kappa shape index (κ1) is 18.9. The molecular formula is C16H19ClN2O6S. The summed E-state index contributed by atoms with van der Waals surface area (Å²) in [5, 5.41) is 5.21. The Morgan fingerprint density at radius 1 is 1.38 bits per heavy atom. The van der Waals surface area contributed by atoms with Crippen molar-refractivity contribution in [3.63, 3.8) is 0 Å². The summed E-state index contributed by atoms with van der Waals surface area (Å²) in [6.07, 6.45) is 1.67. The van der Waals surface area contributed by atoms with Gasteiger partial charge in [0.15, 0.2) is 16.4 Å². The van der Waals surface area contributed by atoms with Gasteiger partial charge in [-0.15, -0.1) is 0 Å². The molecule has 0 spiro atoms. The van der Waals surface area contributed by atoms with Gasteiger partial charge in [0.25, 0.3) is 5.91 Å². The number of ether oxygens (including phenoxy) is 2. The van der Waals surface area contributed by atoms with Crippen molar-refractivity contribution in [1.82, 2.24) is 5.32 Å². The van der Waals surface area contributed by atoms with Gasteiger partial charge in [0.05, 0.1) is 27.5 Å². The molecule has 2 heterocycles. The first-order valence-corrected chi connectivity index (χ1v) is 10.3. The summed E-state index contributed by atoms with van der Waals surface area (Å²) >= 11 is 6.05. The number of halogens is 1. The third-order valence-electron chi connectivity index (χ3n) is 4.15. The number of rotatable bonds is 6. The highest BCUT2D eigenvalue weighted by Crippen LogP contribution is 2.36. The summed E-state index contributed by atoms with van der Waals surface area (Å²) < 4.78 is 35.7. The topological polar surface area (TPSA) is 111 Å². The summed E-state index contributed by atoms with van der Waals surface area (Å²) in [5.74, 6) is -0.848. The van der Waals surface area contributed by atoms with Crippen LogP contribution in [0.2, 0.25) is 5.02 Å². The summed E-state index contributed by atoms with van der Waals surface area (Å²) in [4.78, 5) is 23.1. The molecule has 1 unspecified atom stereocenters.